The van der Waals surface area contributed by atoms with Crippen molar-refractivity contribution in [2.75, 3.05) is 6.54 Å². The van der Waals surface area contributed by atoms with Gasteiger partial charge in [0, 0.05) is 11.9 Å². The average Bonchev–Trinajstić information content (AvgIpc) is 3.01. The van der Waals surface area contributed by atoms with Crippen LogP contribution in [0.15, 0.2) is 40.8 Å². The number of benzene rings is 1. The van der Waals surface area contributed by atoms with Crippen molar-refractivity contribution in [2.24, 2.45) is 0 Å². The summed E-state index contributed by atoms with van der Waals surface area (Å²) in [5, 5.41) is 0.989. The molecule has 0 fully saturated rings. The van der Waals surface area contributed by atoms with Crippen molar-refractivity contribution in [2.45, 2.75) is 26.3 Å². The first-order valence-electron chi connectivity index (χ1n) is 6.67. The van der Waals surface area contributed by atoms with Gasteiger partial charge in [-0.05, 0) is 25.5 Å². The highest BCUT2D eigenvalue weighted by Gasteiger charge is 2.26. The molecule has 2 heterocycles. The Kier molecular flexibility index (Phi) is 2.90. The Balaban J connectivity index is 2.02. The van der Waals surface area contributed by atoms with E-state index in [2.05, 4.69) is 19.1 Å². The van der Waals surface area contributed by atoms with Crippen LogP contribution in [0, 0.1) is 6.92 Å². The number of carbonyl (C=O) groups excluding carboxylic acids is 1. The predicted octanol–water partition coefficient (Wildman–Crippen LogP) is 3.53. The topological polar surface area (TPSA) is 33.5 Å². The van der Waals surface area contributed by atoms with E-state index in [4.69, 9.17) is 4.42 Å². The van der Waals surface area contributed by atoms with Gasteiger partial charge < -0.3 is 9.32 Å². The van der Waals surface area contributed by atoms with Gasteiger partial charge >= 0.3 is 0 Å². The summed E-state index contributed by atoms with van der Waals surface area (Å²) >= 11 is 0. The average molecular weight is 255 g/mol. The third-order valence-electron chi connectivity index (χ3n) is 3.64. The van der Waals surface area contributed by atoms with Crippen LogP contribution in [0.5, 0.6) is 0 Å². The van der Waals surface area contributed by atoms with E-state index in [0.717, 1.165) is 17.6 Å². The molecule has 3 rings (SSSR count). The van der Waals surface area contributed by atoms with Crippen molar-refractivity contribution in [3.05, 3.63) is 47.7 Å². The van der Waals surface area contributed by atoms with Gasteiger partial charge in [0.1, 0.15) is 11.3 Å². The molecule has 1 atom stereocenters. The number of carbonyl (C=O) groups is 1. The van der Waals surface area contributed by atoms with Gasteiger partial charge in [0.2, 0.25) is 0 Å². The molecule has 1 aromatic carbocycles. The van der Waals surface area contributed by atoms with E-state index in [-0.39, 0.29) is 11.9 Å². The van der Waals surface area contributed by atoms with Crippen molar-refractivity contribution >= 4 is 16.9 Å². The maximum Gasteiger partial charge on any atom is 0.258 e. The summed E-state index contributed by atoms with van der Waals surface area (Å²) < 4.78 is 5.68. The lowest BCUT2D eigenvalue weighted by Gasteiger charge is -2.23. The third kappa shape index (κ3) is 1.95. The molecular weight excluding hydrogens is 238 g/mol. The number of hydrogen-bond acceptors (Lipinski definition) is 2. The van der Waals surface area contributed by atoms with Gasteiger partial charge in [-0.1, -0.05) is 31.2 Å². The van der Waals surface area contributed by atoms with E-state index in [1.165, 1.54) is 0 Å². The lowest BCUT2D eigenvalue weighted by Crippen LogP contribution is -2.35. The van der Waals surface area contributed by atoms with Gasteiger partial charge in [0.05, 0.1) is 11.6 Å². The van der Waals surface area contributed by atoms with Crippen LogP contribution in [0.1, 0.15) is 29.5 Å². The summed E-state index contributed by atoms with van der Waals surface area (Å²) in [5.41, 5.74) is 1.36. The smallest absolute Gasteiger partial charge is 0.258 e. The monoisotopic (exact) mass is 255 g/mol. The molecule has 3 nitrogen and oxygen atoms in total. The number of amides is 1. The number of nitrogens with zero attached hydrogens (tertiary/aromatic N) is 1. The Morgan fingerprint density at radius 3 is 3.11 bits per heavy atom. The number of aryl methyl sites for hydroxylation is 1. The zero-order valence-electron chi connectivity index (χ0n) is 11.2. The molecule has 0 unspecified atom stereocenters. The third-order valence-corrected chi connectivity index (χ3v) is 3.64. The Labute approximate surface area is 112 Å². The van der Waals surface area contributed by atoms with Crippen LogP contribution in [0.4, 0.5) is 0 Å². The highest BCUT2D eigenvalue weighted by Crippen LogP contribution is 2.25. The molecule has 0 spiro atoms. The van der Waals surface area contributed by atoms with Crippen LogP contribution in [-0.2, 0) is 0 Å². The van der Waals surface area contributed by atoms with Crippen molar-refractivity contribution < 1.29 is 9.21 Å². The summed E-state index contributed by atoms with van der Waals surface area (Å²) in [4.78, 5) is 14.6. The largest absolute Gasteiger partial charge is 0.461 e. The highest BCUT2D eigenvalue weighted by atomic mass is 16.3. The second kappa shape index (κ2) is 4.57. The number of furan rings is 1. The van der Waals surface area contributed by atoms with Crippen LogP contribution < -0.4 is 0 Å². The fourth-order valence-corrected chi connectivity index (χ4v) is 2.68. The predicted molar refractivity (Wildman–Crippen MR) is 75.2 cm³/mol. The van der Waals surface area contributed by atoms with Crippen LogP contribution in [0.2, 0.25) is 0 Å². The van der Waals surface area contributed by atoms with Crippen molar-refractivity contribution in [3.63, 3.8) is 0 Å². The van der Waals surface area contributed by atoms with E-state index in [9.17, 15) is 4.79 Å². The van der Waals surface area contributed by atoms with Gasteiger partial charge in [-0.25, -0.2) is 0 Å². The standard InChI is InChI=1S/C16H17NO2/c1-3-13-7-5-9-17(13)16(18)14-8-4-6-12-10-11(2)19-15(12)14/h4-8,10,13H,3,9H2,1-2H3/t13-/m0/s1. The maximum atomic E-state index is 12.7. The summed E-state index contributed by atoms with van der Waals surface area (Å²) in [6.07, 6.45) is 5.10. The SMILES string of the molecule is CC[C@H]1C=CCN1C(=O)c1cccc2cc(C)oc12. The minimum Gasteiger partial charge on any atom is -0.461 e. The fraction of sp³-hybridized carbons (Fsp3) is 0.312. The second-order valence-corrected chi connectivity index (χ2v) is 4.94. The molecule has 0 radical (unpaired) electrons. The van der Waals surface area contributed by atoms with Gasteiger partial charge in [0.25, 0.3) is 5.91 Å². The first-order valence-corrected chi connectivity index (χ1v) is 6.67. The number of hydrogen-bond donors (Lipinski definition) is 0. The molecule has 0 bridgehead atoms. The quantitative estimate of drug-likeness (QED) is 0.769. The number of para-hydroxylation sites is 1. The summed E-state index contributed by atoms with van der Waals surface area (Å²) in [7, 11) is 0. The molecule has 1 amide bonds. The second-order valence-electron chi connectivity index (χ2n) is 4.94. The van der Waals surface area contributed by atoms with E-state index in [1.807, 2.05) is 36.1 Å². The van der Waals surface area contributed by atoms with E-state index in [1.54, 1.807) is 0 Å². The first kappa shape index (κ1) is 12.0. The molecule has 0 saturated heterocycles. The van der Waals surface area contributed by atoms with E-state index < -0.39 is 0 Å². The first-order chi connectivity index (χ1) is 9.20. The van der Waals surface area contributed by atoms with E-state index in [0.29, 0.717) is 17.7 Å². The van der Waals surface area contributed by atoms with Crippen LogP contribution in [0.3, 0.4) is 0 Å². The lowest BCUT2D eigenvalue weighted by atomic mass is 10.1. The molecule has 0 N–H and O–H groups in total. The van der Waals surface area contributed by atoms with Gasteiger partial charge in [-0.2, -0.15) is 0 Å². The van der Waals surface area contributed by atoms with Gasteiger partial charge in [0.15, 0.2) is 0 Å². The number of fused-ring (bicyclic) bond motifs is 1. The molecule has 1 aliphatic heterocycles. The van der Waals surface area contributed by atoms with Gasteiger partial charge in [-0.3, -0.25) is 4.79 Å². The molecule has 1 aromatic heterocycles. The molecule has 0 aliphatic carbocycles. The Morgan fingerprint density at radius 2 is 2.32 bits per heavy atom. The van der Waals surface area contributed by atoms with Crippen LogP contribution in [0.25, 0.3) is 11.0 Å². The number of rotatable bonds is 2. The molecule has 19 heavy (non-hydrogen) atoms. The molecule has 1 aliphatic rings. The van der Waals surface area contributed by atoms with Crippen molar-refractivity contribution in [1.29, 1.82) is 0 Å². The molecule has 98 valence electrons. The van der Waals surface area contributed by atoms with Crippen molar-refractivity contribution in [1.82, 2.24) is 4.90 Å². The molecule has 0 saturated carbocycles. The van der Waals surface area contributed by atoms with Crippen LogP contribution in [-0.4, -0.2) is 23.4 Å². The Hall–Kier alpha value is -2.03. The molecule has 3 heteroatoms. The lowest BCUT2D eigenvalue weighted by molar-refractivity contribution is 0.0748. The highest BCUT2D eigenvalue weighted by molar-refractivity contribution is 6.05. The minimum absolute atomic E-state index is 0.0526. The fourth-order valence-electron chi connectivity index (χ4n) is 2.68. The maximum absolute atomic E-state index is 12.7. The summed E-state index contributed by atoms with van der Waals surface area (Å²) in [6, 6.07) is 7.90. The van der Waals surface area contributed by atoms with Gasteiger partial charge in [-0.15, -0.1) is 0 Å². The van der Waals surface area contributed by atoms with E-state index >= 15 is 0 Å². The molecular formula is C16H17NO2. The van der Waals surface area contributed by atoms with Crippen molar-refractivity contribution in [3.8, 4) is 0 Å². The normalized spacial score (nSPS) is 18.4. The molecule has 2 aromatic rings. The minimum atomic E-state index is 0.0526. The zero-order valence-corrected chi connectivity index (χ0v) is 11.2. The summed E-state index contributed by atoms with van der Waals surface area (Å²) in [6.45, 7) is 4.69. The Bertz CT molecular complexity index is 654. The summed E-state index contributed by atoms with van der Waals surface area (Å²) in [5.74, 6) is 0.888. The van der Waals surface area contributed by atoms with Crippen LogP contribution >= 0.6 is 0 Å². The zero-order chi connectivity index (χ0) is 13.4. The Morgan fingerprint density at radius 1 is 1.47 bits per heavy atom.